The maximum atomic E-state index is 12.6. The molecule has 0 radical (unpaired) electrons. The van der Waals surface area contributed by atoms with Gasteiger partial charge in [0, 0.05) is 36.9 Å². The monoisotopic (exact) mass is 441 g/mol. The number of nitrogens with one attached hydrogen (secondary N) is 3. The third-order valence-corrected chi connectivity index (χ3v) is 6.29. The summed E-state index contributed by atoms with van der Waals surface area (Å²) >= 11 is 0. The fraction of sp³-hybridized carbons (Fsp3) is 0.280. The second-order valence-electron chi connectivity index (χ2n) is 8.50. The van der Waals surface area contributed by atoms with Crippen LogP contribution in [-0.2, 0) is 0 Å². The predicted molar refractivity (Wildman–Crippen MR) is 132 cm³/mol. The Bertz CT molecular complexity index is 1310. The summed E-state index contributed by atoms with van der Waals surface area (Å²) in [5.74, 6) is 1.65. The van der Waals surface area contributed by atoms with Crippen LogP contribution in [0.15, 0.2) is 59.8 Å². The Morgan fingerprint density at radius 1 is 1.06 bits per heavy atom. The Labute approximate surface area is 192 Å². The molecule has 0 saturated carbocycles. The molecule has 1 fully saturated rings. The zero-order chi connectivity index (χ0) is 22.8. The molecule has 0 bridgehead atoms. The van der Waals surface area contributed by atoms with Gasteiger partial charge in [-0.2, -0.15) is 0 Å². The van der Waals surface area contributed by atoms with Gasteiger partial charge in [-0.05, 0) is 74.1 Å². The normalized spacial score (nSPS) is 15.0. The van der Waals surface area contributed by atoms with E-state index in [1.54, 1.807) is 25.6 Å². The van der Waals surface area contributed by atoms with E-state index < -0.39 is 0 Å². The number of pyridine rings is 2. The van der Waals surface area contributed by atoms with Crippen molar-refractivity contribution in [2.45, 2.75) is 18.8 Å². The minimum atomic E-state index is -0.182. The van der Waals surface area contributed by atoms with Crippen molar-refractivity contribution in [3.63, 3.8) is 0 Å². The molecule has 1 saturated heterocycles. The van der Waals surface area contributed by atoms with Crippen LogP contribution in [0.2, 0.25) is 0 Å². The molecule has 3 N–H and O–H groups in total. The summed E-state index contributed by atoms with van der Waals surface area (Å²) in [5.41, 5.74) is 3.54. The molecule has 4 aromatic rings. The van der Waals surface area contributed by atoms with Crippen molar-refractivity contribution in [1.29, 1.82) is 0 Å². The van der Waals surface area contributed by atoms with Gasteiger partial charge in [-0.1, -0.05) is 12.1 Å². The molecule has 8 heteroatoms. The van der Waals surface area contributed by atoms with E-state index in [1.165, 1.54) is 18.4 Å². The summed E-state index contributed by atoms with van der Waals surface area (Å²) in [6, 6.07) is 12.2. The maximum absolute atomic E-state index is 12.6. The molecule has 5 rings (SSSR count). The van der Waals surface area contributed by atoms with Crippen LogP contribution in [0.1, 0.15) is 24.3 Å². The lowest BCUT2D eigenvalue weighted by Crippen LogP contribution is -2.29. The highest BCUT2D eigenvalue weighted by Gasteiger charge is 2.18. The van der Waals surface area contributed by atoms with Crippen LogP contribution in [-0.4, -0.2) is 52.0 Å². The molecule has 0 atom stereocenters. The summed E-state index contributed by atoms with van der Waals surface area (Å²) in [6.45, 7) is 2.27. The number of rotatable bonds is 5. The van der Waals surface area contributed by atoms with E-state index >= 15 is 0 Å². The molecule has 1 aliphatic rings. The first-order valence-electron chi connectivity index (χ1n) is 11.2. The van der Waals surface area contributed by atoms with Crippen LogP contribution in [0.4, 0.5) is 17.5 Å². The molecule has 1 aromatic carbocycles. The quantitative estimate of drug-likeness (QED) is 0.431. The third-order valence-electron chi connectivity index (χ3n) is 6.29. The third kappa shape index (κ3) is 4.42. The molecular formula is C25H27N7O. The Morgan fingerprint density at radius 3 is 2.48 bits per heavy atom. The van der Waals surface area contributed by atoms with Gasteiger partial charge >= 0.3 is 0 Å². The molecule has 0 aliphatic carbocycles. The Morgan fingerprint density at radius 2 is 1.79 bits per heavy atom. The molecule has 1 aliphatic heterocycles. The first kappa shape index (κ1) is 21.1. The van der Waals surface area contributed by atoms with Gasteiger partial charge in [-0.3, -0.25) is 4.79 Å². The van der Waals surface area contributed by atoms with Gasteiger partial charge < -0.3 is 20.5 Å². The van der Waals surface area contributed by atoms with Gasteiger partial charge in [0.05, 0.1) is 11.1 Å². The molecule has 3 aromatic heterocycles. The zero-order valence-corrected chi connectivity index (χ0v) is 18.8. The van der Waals surface area contributed by atoms with Crippen molar-refractivity contribution in [1.82, 2.24) is 24.8 Å². The number of hydrogen-bond acceptors (Lipinski definition) is 7. The van der Waals surface area contributed by atoms with Crippen LogP contribution in [0.5, 0.6) is 0 Å². The number of H-pyrrole nitrogens is 1. The highest BCUT2D eigenvalue weighted by Crippen LogP contribution is 2.30. The lowest BCUT2D eigenvalue weighted by atomic mass is 9.89. The number of piperidine rings is 1. The second-order valence-corrected chi connectivity index (χ2v) is 8.50. The summed E-state index contributed by atoms with van der Waals surface area (Å²) in [4.78, 5) is 31.1. The van der Waals surface area contributed by atoms with Crippen molar-refractivity contribution in [3.05, 3.63) is 70.9 Å². The number of fused-ring (bicyclic) bond motifs is 1. The largest absolute Gasteiger partial charge is 0.357 e. The van der Waals surface area contributed by atoms with Gasteiger partial charge in [0.25, 0.3) is 5.56 Å². The van der Waals surface area contributed by atoms with Crippen LogP contribution in [0.3, 0.4) is 0 Å². The van der Waals surface area contributed by atoms with E-state index in [9.17, 15) is 4.79 Å². The van der Waals surface area contributed by atoms with E-state index in [0.29, 0.717) is 28.8 Å². The number of aromatic nitrogens is 4. The van der Waals surface area contributed by atoms with Crippen molar-refractivity contribution in [3.8, 4) is 11.3 Å². The topological polar surface area (TPSA) is 98.8 Å². The number of aromatic amines is 1. The first-order valence-corrected chi connectivity index (χ1v) is 11.2. The molecule has 8 nitrogen and oxygen atoms in total. The second kappa shape index (κ2) is 8.99. The molecule has 0 unspecified atom stereocenters. The minimum Gasteiger partial charge on any atom is -0.357 e. The van der Waals surface area contributed by atoms with Gasteiger partial charge in [-0.15, -0.1) is 0 Å². The van der Waals surface area contributed by atoms with Crippen LogP contribution < -0.4 is 16.2 Å². The highest BCUT2D eigenvalue weighted by molar-refractivity contribution is 5.95. The Kier molecular flexibility index (Phi) is 5.75. The van der Waals surface area contributed by atoms with E-state index in [4.69, 9.17) is 4.98 Å². The molecule has 0 amide bonds. The van der Waals surface area contributed by atoms with E-state index in [1.807, 2.05) is 12.1 Å². The van der Waals surface area contributed by atoms with Gasteiger partial charge in [0.1, 0.15) is 5.82 Å². The summed E-state index contributed by atoms with van der Waals surface area (Å²) in [6.07, 6.45) is 7.46. The number of benzene rings is 1. The smallest absolute Gasteiger partial charge is 0.259 e. The van der Waals surface area contributed by atoms with Crippen LogP contribution in [0.25, 0.3) is 22.0 Å². The summed E-state index contributed by atoms with van der Waals surface area (Å²) in [5, 5.41) is 7.60. The Hall–Kier alpha value is -3.78. The van der Waals surface area contributed by atoms with Gasteiger partial charge in [0.2, 0.25) is 5.95 Å². The Balaban J connectivity index is 1.48. The average Bonchev–Trinajstić information content (AvgIpc) is 2.85. The molecule has 168 valence electrons. The molecule has 4 heterocycles. The minimum absolute atomic E-state index is 0.182. The van der Waals surface area contributed by atoms with Crippen molar-refractivity contribution >= 4 is 28.2 Å². The lowest BCUT2D eigenvalue weighted by Gasteiger charge is -2.29. The van der Waals surface area contributed by atoms with E-state index in [2.05, 4.69) is 61.8 Å². The van der Waals surface area contributed by atoms with Crippen molar-refractivity contribution in [2.24, 2.45) is 0 Å². The number of nitrogens with zero attached hydrogens (tertiary/aromatic N) is 4. The van der Waals surface area contributed by atoms with E-state index in [-0.39, 0.29) is 5.56 Å². The molecule has 33 heavy (non-hydrogen) atoms. The fourth-order valence-electron chi connectivity index (χ4n) is 4.36. The predicted octanol–water partition coefficient (Wildman–Crippen LogP) is 3.97. The fourth-order valence-corrected chi connectivity index (χ4v) is 4.36. The average molecular weight is 442 g/mol. The maximum Gasteiger partial charge on any atom is 0.259 e. The molecule has 0 spiro atoms. The number of anilines is 3. The lowest BCUT2D eigenvalue weighted by molar-refractivity contribution is 0.255. The van der Waals surface area contributed by atoms with Crippen LogP contribution in [0, 0.1) is 0 Å². The van der Waals surface area contributed by atoms with E-state index in [0.717, 1.165) is 29.7 Å². The molecular weight excluding hydrogens is 414 g/mol. The first-order chi connectivity index (χ1) is 16.1. The summed E-state index contributed by atoms with van der Waals surface area (Å²) < 4.78 is 0. The standard InChI is InChI=1S/C25H27N7O/c1-26-25-28-14-19(15-29-25)21-13-18-7-10-27-24(33)22(18)23(31-21)30-20-5-3-16(4-6-20)17-8-11-32(2)12-9-17/h3-7,10,13-15,17H,8-9,11-12H2,1-2H3,(H,27,33)(H,30,31)(H,26,28,29). The highest BCUT2D eigenvalue weighted by atomic mass is 16.1. The summed E-state index contributed by atoms with van der Waals surface area (Å²) in [7, 11) is 3.95. The van der Waals surface area contributed by atoms with Gasteiger partial charge in [-0.25, -0.2) is 15.0 Å². The van der Waals surface area contributed by atoms with Crippen molar-refractivity contribution in [2.75, 3.05) is 37.8 Å². The van der Waals surface area contributed by atoms with Gasteiger partial charge in [0.15, 0.2) is 0 Å². The number of hydrogen-bond donors (Lipinski definition) is 3. The number of likely N-dealkylation sites (tertiary alicyclic amines) is 1. The SMILES string of the molecule is CNc1ncc(-c2cc3cc[nH]c(=O)c3c(Nc3ccc(C4CCN(C)CC4)cc3)n2)cn1. The van der Waals surface area contributed by atoms with Crippen LogP contribution >= 0.6 is 0 Å². The zero-order valence-electron chi connectivity index (χ0n) is 18.8. The van der Waals surface area contributed by atoms with Crippen molar-refractivity contribution < 1.29 is 0 Å².